The number of ether oxygens (including phenoxy) is 1. The van der Waals surface area contributed by atoms with Crippen LogP contribution in [0.1, 0.15) is 11.4 Å². The summed E-state index contributed by atoms with van der Waals surface area (Å²) < 4.78 is 6.73. The number of aromatic nitrogens is 2. The van der Waals surface area contributed by atoms with Gasteiger partial charge in [0.2, 0.25) is 5.82 Å². The van der Waals surface area contributed by atoms with E-state index in [9.17, 15) is 0 Å². The van der Waals surface area contributed by atoms with E-state index in [1.807, 2.05) is 18.2 Å². The van der Waals surface area contributed by atoms with Crippen LogP contribution >= 0.6 is 11.6 Å². The van der Waals surface area contributed by atoms with Crippen molar-refractivity contribution in [1.82, 2.24) is 14.9 Å². The highest BCUT2D eigenvalue weighted by atomic mass is 35.5. The van der Waals surface area contributed by atoms with Gasteiger partial charge in [-0.2, -0.15) is 5.26 Å². The molecule has 1 aromatic heterocycles. The molecule has 2 aromatic rings. The van der Waals surface area contributed by atoms with Crippen LogP contribution in [0.15, 0.2) is 30.6 Å². The van der Waals surface area contributed by atoms with Crippen LogP contribution in [0.5, 0.6) is 0 Å². The van der Waals surface area contributed by atoms with Gasteiger partial charge in [0.25, 0.3) is 0 Å². The quantitative estimate of drug-likeness (QED) is 0.828. The van der Waals surface area contributed by atoms with E-state index in [0.29, 0.717) is 24.0 Å². The Hall–Kier alpha value is -1.87. The highest BCUT2D eigenvalue weighted by Gasteiger charge is 2.09. The molecule has 0 aliphatic heterocycles. The molecular weight excluding hydrogens is 276 g/mol. The molecule has 0 amide bonds. The van der Waals surface area contributed by atoms with Gasteiger partial charge in [0, 0.05) is 37.6 Å². The topological polar surface area (TPSA) is 62.9 Å². The van der Waals surface area contributed by atoms with Gasteiger partial charge in [0.15, 0.2) is 0 Å². The molecule has 0 fully saturated rings. The van der Waals surface area contributed by atoms with Crippen molar-refractivity contribution < 1.29 is 4.74 Å². The molecule has 1 heterocycles. The smallest absolute Gasteiger partial charge is 0.217 e. The van der Waals surface area contributed by atoms with Crippen molar-refractivity contribution in [2.75, 3.05) is 20.3 Å². The van der Waals surface area contributed by atoms with Crippen LogP contribution in [0.3, 0.4) is 0 Å². The summed E-state index contributed by atoms with van der Waals surface area (Å²) in [6.07, 6.45) is 3.35. The molecule has 0 atom stereocenters. The molecule has 0 saturated heterocycles. The van der Waals surface area contributed by atoms with Crippen LogP contribution in [0, 0.1) is 11.3 Å². The van der Waals surface area contributed by atoms with E-state index in [1.54, 1.807) is 24.1 Å². The molecule has 0 saturated carbocycles. The van der Waals surface area contributed by atoms with Gasteiger partial charge in [-0.1, -0.05) is 17.7 Å². The van der Waals surface area contributed by atoms with E-state index >= 15 is 0 Å². The maximum absolute atomic E-state index is 9.08. The molecule has 0 bridgehead atoms. The van der Waals surface area contributed by atoms with Gasteiger partial charge in [-0.15, -0.1) is 0 Å². The Labute approximate surface area is 122 Å². The van der Waals surface area contributed by atoms with Gasteiger partial charge in [0.1, 0.15) is 6.07 Å². The van der Waals surface area contributed by atoms with E-state index in [0.717, 1.165) is 17.8 Å². The minimum atomic E-state index is 0.338. The van der Waals surface area contributed by atoms with Gasteiger partial charge in [-0.3, -0.25) is 4.57 Å². The summed E-state index contributed by atoms with van der Waals surface area (Å²) in [6.45, 7) is 2.07. The summed E-state index contributed by atoms with van der Waals surface area (Å²) in [5, 5.41) is 13.0. The van der Waals surface area contributed by atoms with Crippen LogP contribution in [-0.2, 0) is 11.3 Å². The fourth-order valence-corrected chi connectivity index (χ4v) is 2.05. The predicted octanol–water partition coefficient (Wildman–Crippen LogP) is 2.13. The van der Waals surface area contributed by atoms with Gasteiger partial charge >= 0.3 is 0 Å². The highest BCUT2D eigenvalue weighted by molar-refractivity contribution is 6.30. The Morgan fingerprint density at radius 2 is 2.35 bits per heavy atom. The van der Waals surface area contributed by atoms with Crippen molar-refractivity contribution in [3.8, 4) is 11.8 Å². The molecule has 6 heteroatoms. The van der Waals surface area contributed by atoms with E-state index in [4.69, 9.17) is 21.6 Å². The van der Waals surface area contributed by atoms with Crippen LogP contribution in [0.2, 0.25) is 5.02 Å². The van der Waals surface area contributed by atoms with Crippen molar-refractivity contribution in [2.45, 2.75) is 6.54 Å². The summed E-state index contributed by atoms with van der Waals surface area (Å²) in [5.74, 6) is 0.338. The zero-order valence-electron chi connectivity index (χ0n) is 11.1. The molecule has 0 spiro atoms. The van der Waals surface area contributed by atoms with E-state index in [1.165, 1.54) is 0 Å². The molecule has 5 nitrogen and oxygen atoms in total. The van der Waals surface area contributed by atoms with E-state index in [-0.39, 0.29) is 0 Å². The van der Waals surface area contributed by atoms with Crippen molar-refractivity contribution >= 4 is 11.6 Å². The predicted molar refractivity (Wildman–Crippen MR) is 76.9 cm³/mol. The maximum Gasteiger partial charge on any atom is 0.217 e. The molecule has 0 radical (unpaired) electrons. The normalized spacial score (nSPS) is 10.4. The van der Waals surface area contributed by atoms with Crippen molar-refractivity contribution in [2.24, 2.45) is 0 Å². The number of benzene rings is 1. The largest absolute Gasteiger partial charge is 0.383 e. The number of imidazole rings is 1. The zero-order valence-corrected chi connectivity index (χ0v) is 11.9. The summed E-state index contributed by atoms with van der Waals surface area (Å²) in [7, 11) is 1.67. The molecule has 1 N–H and O–H groups in total. The van der Waals surface area contributed by atoms with Gasteiger partial charge < -0.3 is 10.1 Å². The minimum Gasteiger partial charge on any atom is -0.383 e. The van der Waals surface area contributed by atoms with Gasteiger partial charge in [0.05, 0.1) is 12.3 Å². The first-order valence-electron chi connectivity index (χ1n) is 6.18. The standard InChI is InChI=1S/C14H15ClN4O/c1-20-7-5-17-10-11-2-3-12(15)8-13(11)19-6-4-18-14(19)9-16/h2-4,6,8,17H,5,7,10H2,1H3. The lowest BCUT2D eigenvalue weighted by Crippen LogP contribution is -2.19. The van der Waals surface area contributed by atoms with Crippen molar-refractivity contribution in [3.63, 3.8) is 0 Å². The number of nitrogens with zero attached hydrogens (tertiary/aromatic N) is 3. The molecule has 2 rings (SSSR count). The minimum absolute atomic E-state index is 0.338. The lowest BCUT2D eigenvalue weighted by Gasteiger charge is -2.12. The van der Waals surface area contributed by atoms with E-state index in [2.05, 4.69) is 16.4 Å². The monoisotopic (exact) mass is 290 g/mol. The maximum atomic E-state index is 9.08. The molecule has 104 valence electrons. The number of rotatable bonds is 6. The van der Waals surface area contributed by atoms with Crippen LogP contribution < -0.4 is 5.32 Å². The Balaban J connectivity index is 2.27. The molecule has 0 aliphatic rings. The summed E-state index contributed by atoms with van der Waals surface area (Å²) in [6, 6.07) is 7.67. The van der Waals surface area contributed by atoms with E-state index < -0.39 is 0 Å². The SMILES string of the molecule is COCCNCc1ccc(Cl)cc1-n1ccnc1C#N. The molecule has 1 aromatic carbocycles. The third-order valence-electron chi connectivity index (χ3n) is 2.85. The highest BCUT2D eigenvalue weighted by Crippen LogP contribution is 2.21. The van der Waals surface area contributed by atoms with Gasteiger partial charge in [-0.25, -0.2) is 4.98 Å². The Morgan fingerprint density at radius 1 is 1.50 bits per heavy atom. The first-order valence-corrected chi connectivity index (χ1v) is 6.56. The summed E-state index contributed by atoms with van der Waals surface area (Å²) >= 11 is 6.06. The van der Waals surface area contributed by atoms with Crippen LogP contribution in [0.25, 0.3) is 5.69 Å². The molecular formula is C14H15ClN4O. The number of methoxy groups -OCH3 is 1. The molecule has 0 unspecified atom stereocenters. The first-order chi connectivity index (χ1) is 9.76. The Kier molecular flexibility index (Phi) is 5.13. The van der Waals surface area contributed by atoms with Crippen molar-refractivity contribution in [3.05, 3.63) is 47.0 Å². The number of hydrogen-bond acceptors (Lipinski definition) is 4. The fourth-order valence-electron chi connectivity index (χ4n) is 1.89. The summed E-state index contributed by atoms with van der Waals surface area (Å²) in [5.41, 5.74) is 1.90. The zero-order chi connectivity index (χ0) is 14.4. The Bertz CT molecular complexity index is 618. The van der Waals surface area contributed by atoms with Gasteiger partial charge in [-0.05, 0) is 17.7 Å². The third kappa shape index (κ3) is 3.36. The molecule has 20 heavy (non-hydrogen) atoms. The second-order valence-electron chi connectivity index (χ2n) is 4.18. The second-order valence-corrected chi connectivity index (χ2v) is 4.61. The number of nitriles is 1. The number of hydrogen-bond donors (Lipinski definition) is 1. The lowest BCUT2D eigenvalue weighted by atomic mass is 10.1. The second kappa shape index (κ2) is 7.06. The third-order valence-corrected chi connectivity index (χ3v) is 3.08. The Morgan fingerprint density at radius 3 is 3.10 bits per heavy atom. The van der Waals surface area contributed by atoms with Crippen molar-refractivity contribution in [1.29, 1.82) is 5.26 Å². The average molecular weight is 291 g/mol. The fraction of sp³-hybridized carbons (Fsp3) is 0.286. The summed E-state index contributed by atoms with van der Waals surface area (Å²) in [4.78, 5) is 4.01. The first kappa shape index (κ1) is 14.5. The van der Waals surface area contributed by atoms with Crippen LogP contribution in [-0.4, -0.2) is 29.8 Å². The number of halogens is 1. The van der Waals surface area contributed by atoms with Crippen LogP contribution in [0.4, 0.5) is 0 Å². The average Bonchev–Trinajstić information content (AvgIpc) is 2.93. The lowest BCUT2D eigenvalue weighted by molar-refractivity contribution is 0.199. The molecule has 0 aliphatic carbocycles. The number of nitrogens with one attached hydrogen (secondary N) is 1.